The van der Waals surface area contributed by atoms with Gasteiger partial charge in [0, 0.05) is 5.71 Å². The van der Waals surface area contributed by atoms with Gasteiger partial charge in [0.2, 0.25) is 0 Å². The summed E-state index contributed by atoms with van der Waals surface area (Å²) in [5.41, 5.74) is 10.7. The monoisotopic (exact) mass is 614 g/mol. The molecule has 0 atom stereocenters. The van der Waals surface area contributed by atoms with Crippen molar-refractivity contribution < 1.29 is 0 Å². The molecule has 0 radical (unpaired) electrons. The van der Waals surface area contributed by atoms with Crippen molar-refractivity contribution in [2.75, 3.05) is 0 Å². The Morgan fingerprint density at radius 3 is 1.38 bits per heavy atom. The Hall–Kier alpha value is -2.80. The van der Waals surface area contributed by atoms with Crippen LogP contribution in [0.3, 0.4) is 0 Å². The zero-order valence-electron chi connectivity index (χ0n) is 30.8. The first-order valence-electron chi connectivity index (χ1n) is 16.1. The van der Waals surface area contributed by atoms with Crippen molar-refractivity contribution in [1.82, 2.24) is 0 Å². The molecule has 0 aliphatic heterocycles. The summed E-state index contributed by atoms with van der Waals surface area (Å²) in [6.45, 7) is 30.0. The van der Waals surface area contributed by atoms with Gasteiger partial charge in [-0.25, -0.2) is 0 Å². The minimum absolute atomic E-state index is 0. The van der Waals surface area contributed by atoms with Crippen molar-refractivity contribution >= 4 is 40.1 Å². The van der Waals surface area contributed by atoms with Crippen molar-refractivity contribution in [2.45, 2.75) is 121 Å². The summed E-state index contributed by atoms with van der Waals surface area (Å²) < 4.78 is 0. The van der Waals surface area contributed by atoms with E-state index in [1.165, 1.54) is 27.8 Å². The zero-order chi connectivity index (χ0) is 33.6. The van der Waals surface area contributed by atoms with E-state index in [0.717, 1.165) is 22.8 Å². The van der Waals surface area contributed by atoms with Crippen LogP contribution in [0.2, 0.25) is 0 Å². The van der Waals surface area contributed by atoms with Crippen LogP contribution in [0.4, 0.5) is 11.4 Å². The van der Waals surface area contributed by atoms with Crippen molar-refractivity contribution in [3.05, 3.63) is 118 Å². The number of hydrogen-bond donors (Lipinski definition) is 0. The molecule has 3 heteroatoms. The van der Waals surface area contributed by atoms with E-state index in [-0.39, 0.29) is 28.5 Å². The number of benzene rings is 3. The predicted molar refractivity (Wildman–Crippen MR) is 202 cm³/mol. The van der Waals surface area contributed by atoms with Crippen LogP contribution in [0.5, 0.6) is 0 Å². The molecule has 0 unspecified atom stereocenters. The first kappa shape index (κ1) is 42.2. The van der Waals surface area contributed by atoms with E-state index in [0.29, 0.717) is 23.7 Å². The van der Waals surface area contributed by atoms with Gasteiger partial charge in [0.15, 0.2) is 0 Å². The molecule has 0 saturated heterocycles. The van der Waals surface area contributed by atoms with E-state index in [2.05, 4.69) is 137 Å². The van der Waals surface area contributed by atoms with Gasteiger partial charge in [-0.3, -0.25) is 4.99 Å². The van der Waals surface area contributed by atoms with Gasteiger partial charge < -0.3 is 17.7 Å². The molecule has 3 aromatic carbocycles. The topological polar surface area (TPSA) is 26.5 Å². The van der Waals surface area contributed by atoms with Gasteiger partial charge in [-0.1, -0.05) is 173 Å². The minimum Gasteiger partial charge on any atom is -0.693 e. The normalized spacial score (nSPS) is 11.8. The molecule has 0 aliphatic rings. The summed E-state index contributed by atoms with van der Waals surface area (Å²) >= 11 is 0. The maximum Gasteiger partial charge on any atom is 2.00 e. The maximum absolute atomic E-state index is 6.60. The van der Waals surface area contributed by atoms with Gasteiger partial charge in [0.25, 0.3) is 0 Å². The minimum atomic E-state index is -0.0417. The first-order chi connectivity index (χ1) is 20.5. The second kappa shape index (κ2) is 20.3. The van der Waals surface area contributed by atoms with E-state index in [1.807, 2.05) is 39.0 Å². The summed E-state index contributed by atoms with van der Waals surface area (Å²) in [6.07, 6.45) is 8.72. The fourth-order valence-corrected chi connectivity index (χ4v) is 4.54. The van der Waals surface area contributed by atoms with E-state index >= 15 is 0 Å². The van der Waals surface area contributed by atoms with Gasteiger partial charge in [0.05, 0.1) is 5.69 Å². The van der Waals surface area contributed by atoms with Crippen LogP contribution in [0.1, 0.15) is 141 Å². The molecule has 0 aliphatic carbocycles. The van der Waals surface area contributed by atoms with Crippen LogP contribution >= 0.6 is 0 Å². The van der Waals surface area contributed by atoms with Gasteiger partial charge >= 0.3 is 23.1 Å². The number of nitrogens with zero attached hydrogens (tertiary/aromatic N) is 2. The SMILES string of the molecule is CC(/C=C(/C)[N-]c1c(C(C)C)cccc1C(C)C)=Nc1c(C(C)C)cccc1C(C)C.Cc1ccccc1.[C-]#CC(C)(C)C.[Mg+2]. The van der Waals surface area contributed by atoms with E-state index in [1.54, 1.807) is 0 Å². The Morgan fingerprint density at radius 2 is 1.07 bits per heavy atom. The fourth-order valence-electron chi connectivity index (χ4n) is 4.54. The van der Waals surface area contributed by atoms with Crippen LogP contribution in [-0.4, -0.2) is 28.8 Å². The quantitative estimate of drug-likeness (QED) is 0.104. The standard InChI is InChI=1S/C29H41N2.C7H8.C6H9.Mg/c1-18(2)24-13-11-14-25(19(3)4)28(24)30-22(9)17-23(10)31-29-26(20(5)6)15-12-16-27(29)21(7)8;1-7-5-3-2-4-6-7;1-5-6(2,3)4;/h11-21H,1-10H3;2-6H,1H3;2-4H3;/q-1;;-1;+2/b22-17-,31-23?;;;. The van der Waals surface area contributed by atoms with Crippen LogP contribution < -0.4 is 0 Å². The molecule has 45 heavy (non-hydrogen) atoms. The Bertz CT molecular complexity index is 1340. The molecule has 0 bridgehead atoms. The van der Waals surface area contributed by atoms with Crippen LogP contribution in [0, 0.1) is 24.7 Å². The molecule has 0 heterocycles. The Morgan fingerprint density at radius 1 is 0.689 bits per heavy atom. The number of aryl methyl sites for hydroxylation is 1. The van der Waals surface area contributed by atoms with Crippen LogP contribution in [-0.2, 0) is 0 Å². The maximum atomic E-state index is 6.60. The smallest absolute Gasteiger partial charge is 0.693 e. The third-order valence-corrected chi connectivity index (χ3v) is 6.99. The van der Waals surface area contributed by atoms with Crippen molar-refractivity contribution in [1.29, 1.82) is 0 Å². The van der Waals surface area contributed by atoms with Gasteiger partial charge in [-0.15, -0.1) is 5.69 Å². The summed E-state index contributed by atoms with van der Waals surface area (Å²) in [5.74, 6) is 4.10. The molecule has 3 rings (SSSR count). The van der Waals surface area contributed by atoms with Crippen molar-refractivity contribution in [3.8, 4) is 5.92 Å². The molecule has 0 N–H and O–H groups in total. The van der Waals surface area contributed by atoms with Crippen LogP contribution in [0.25, 0.3) is 5.32 Å². The van der Waals surface area contributed by atoms with Crippen molar-refractivity contribution in [2.24, 2.45) is 10.4 Å². The Labute approximate surface area is 293 Å². The van der Waals surface area contributed by atoms with Crippen molar-refractivity contribution in [3.63, 3.8) is 0 Å². The third kappa shape index (κ3) is 15.4. The molecular weight excluding hydrogens is 557 g/mol. The zero-order valence-corrected chi connectivity index (χ0v) is 32.3. The van der Waals surface area contributed by atoms with Crippen LogP contribution in [0.15, 0.2) is 83.5 Å². The first-order valence-corrected chi connectivity index (χ1v) is 16.1. The second-order valence-electron chi connectivity index (χ2n) is 13.9. The Balaban J connectivity index is 0.00000114. The largest absolute Gasteiger partial charge is 2.00 e. The summed E-state index contributed by atoms with van der Waals surface area (Å²) in [4.78, 5) is 5.08. The molecular formula is C42H58MgN2. The average Bonchev–Trinajstić information content (AvgIpc) is 2.93. The van der Waals surface area contributed by atoms with E-state index < -0.39 is 0 Å². The summed E-state index contributed by atoms with van der Waals surface area (Å²) in [7, 11) is 0. The van der Waals surface area contributed by atoms with E-state index in [9.17, 15) is 0 Å². The van der Waals surface area contributed by atoms with E-state index in [4.69, 9.17) is 16.7 Å². The molecule has 0 saturated carbocycles. The van der Waals surface area contributed by atoms with Gasteiger partial charge in [-0.2, -0.15) is 5.70 Å². The summed E-state index contributed by atoms with van der Waals surface area (Å²) in [5, 5.41) is 5.08. The predicted octanol–water partition coefficient (Wildman–Crippen LogP) is 13.1. The Kier molecular flexibility index (Phi) is 19.1. The summed E-state index contributed by atoms with van der Waals surface area (Å²) in [6, 6.07) is 23.4. The average molecular weight is 615 g/mol. The molecule has 0 fully saturated rings. The fraction of sp³-hybridized carbons (Fsp3) is 0.452. The number of allylic oxidation sites excluding steroid dienone is 2. The second-order valence-corrected chi connectivity index (χ2v) is 13.9. The number of aliphatic imine (C=N–C) groups is 1. The molecule has 0 spiro atoms. The van der Waals surface area contributed by atoms with Gasteiger partial charge in [0.1, 0.15) is 0 Å². The third-order valence-electron chi connectivity index (χ3n) is 6.99. The molecule has 0 amide bonds. The number of para-hydroxylation sites is 2. The molecule has 0 aromatic heterocycles. The van der Waals surface area contributed by atoms with Gasteiger partial charge in [-0.05, 0) is 54.1 Å². The number of hydrogen-bond acceptors (Lipinski definition) is 1. The molecule has 238 valence electrons. The molecule has 2 nitrogen and oxygen atoms in total. The molecule has 3 aromatic rings. The number of rotatable bonds is 8.